The molecule has 2 heterocycles. The molecule has 1 saturated heterocycles. The normalized spacial score (nSPS) is 18.8. The van der Waals surface area contributed by atoms with E-state index in [1.807, 2.05) is 0 Å². The molecule has 0 saturated carbocycles. The number of hydrogen-bond acceptors (Lipinski definition) is 2. The zero-order chi connectivity index (χ0) is 12.6. The average Bonchev–Trinajstić information content (AvgIpc) is 2.57. The van der Waals surface area contributed by atoms with Crippen molar-refractivity contribution in [1.82, 2.24) is 4.98 Å². The maximum atomic E-state index is 6.07. The van der Waals surface area contributed by atoms with Crippen molar-refractivity contribution >= 4 is 17.4 Å². The molecule has 0 atom stereocenters. The lowest BCUT2D eigenvalue weighted by Gasteiger charge is -2.24. The van der Waals surface area contributed by atoms with E-state index in [-0.39, 0.29) is 0 Å². The summed E-state index contributed by atoms with van der Waals surface area (Å²) in [6, 6.07) is 2.11. The van der Waals surface area contributed by atoms with E-state index in [2.05, 4.69) is 38.7 Å². The van der Waals surface area contributed by atoms with Crippen molar-refractivity contribution in [1.29, 1.82) is 0 Å². The summed E-state index contributed by atoms with van der Waals surface area (Å²) >= 11 is 6.07. The van der Waals surface area contributed by atoms with Gasteiger partial charge in [-0.25, -0.2) is 4.98 Å². The Hall–Kier alpha value is -0.760. The largest absolute Gasteiger partial charge is 0.356 e. The van der Waals surface area contributed by atoms with E-state index in [0.717, 1.165) is 24.6 Å². The SMILES string of the molecule is Cc1cc(C)c(CCl)c(N2CCC(C)(C)C2)n1. The highest BCUT2D eigenvalue weighted by Gasteiger charge is 2.31. The van der Waals surface area contributed by atoms with E-state index in [1.54, 1.807) is 0 Å². The van der Waals surface area contributed by atoms with Gasteiger partial charge in [-0.15, -0.1) is 11.6 Å². The summed E-state index contributed by atoms with van der Waals surface area (Å²) in [5.41, 5.74) is 3.92. The Kier molecular flexibility index (Phi) is 3.35. The molecule has 1 aromatic rings. The van der Waals surface area contributed by atoms with Crippen molar-refractivity contribution < 1.29 is 0 Å². The molecule has 2 rings (SSSR count). The highest BCUT2D eigenvalue weighted by Crippen LogP contribution is 2.34. The van der Waals surface area contributed by atoms with Gasteiger partial charge < -0.3 is 4.90 Å². The van der Waals surface area contributed by atoms with Gasteiger partial charge in [0, 0.05) is 24.3 Å². The maximum Gasteiger partial charge on any atom is 0.133 e. The minimum absolute atomic E-state index is 0.392. The van der Waals surface area contributed by atoms with E-state index < -0.39 is 0 Å². The van der Waals surface area contributed by atoms with Crippen LogP contribution in [0.15, 0.2) is 6.07 Å². The van der Waals surface area contributed by atoms with Gasteiger partial charge in [0.05, 0.1) is 5.88 Å². The Balaban J connectivity index is 2.38. The van der Waals surface area contributed by atoms with Gasteiger partial charge >= 0.3 is 0 Å². The second-order valence-electron chi connectivity index (χ2n) is 5.85. The molecule has 0 spiro atoms. The van der Waals surface area contributed by atoms with Crippen molar-refractivity contribution in [2.24, 2.45) is 5.41 Å². The molecule has 0 aromatic carbocycles. The second-order valence-corrected chi connectivity index (χ2v) is 6.12. The van der Waals surface area contributed by atoms with Gasteiger partial charge in [-0.3, -0.25) is 0 Å². The Morgan fingerprint density at radius 3 is 2.65 bits per heavy atom. The molecule has 1 aliphatic rings. The summed E-state index contributed by atoms with van der Waals surface area (Å²) in [6.07, 6.45) is 1.23. The van der Waals surface area contributed by atoms with E-state index in [1.165, 1.54) is 17.5 Å². The number of aryl methyl sites for hydroxylation is 2. The molecule has 0 amide bonds. The standard InChI is InChI=1S/C14H21ClN2/c1-10-7-11(2)16-13(12(10)8-15)17-6-5-14(3,4)9-17/h7H,5-6,8-9H2,1-4H3. The lowest BCUT2D eigenvalue weighted by atomic mass is 9.93. The minimum atomic E-state index is 0.392. The van der Waals surface area contributed by atoms with Crippen LogP contribution >= 0.6 is 11.6 Å². The number of hydrogen-bond donors (Lipinski definition) is 0. The quantitative estimate of drug-likeness (QED) is 0.747. The van der Waals surface area contributed by atoms with Gasteiger partial charge in [-0.1, -0.05) is 13.8 Å². The topological polar surface area (TPSA) is 16.1 Å². The lowest BCUT2D eigenvalue weighted by molar-refractivity contribution is 0.418. The van der Waals surface area contributed by atoms with Gasteiger partial charge in [0.15, 0.2) is 0 Å². The Morgan fingerprint density at radius 2 is 2.12 bits per heavy atom. The maximum absolute atomic E-state index is 6.07. The van der Waals surface area contributed by atoms with Crippen LogP contribution in [0.3, 0.4) is 0 Å². The minimum Gasteiger partial charge on any atom is -0.356 e. The van der Waals surface area contributed by atoms with Crippen LogP contribution in [0.1, 0.15) is 37.1 Å². The number of halogens is 1. The van der Waals surface area contributed by atoms with Crippen molar-refractivity contribution in [3.05, 3.63) is 22.9 Å². The fourth-order valence-corrected chi connectivity index (χ4v) is 2.89. The van der Waals surface area contributed by atoms with Gasteiger partial charge in [0.25, 0.3) is 0 Å². The molecule has 0 unspecified atom stereocenters. The van der Waals surface area contributed by atoms with Crippen molar-refractivity contribution in [3.8, 4) is 0 Å². The Bertz CT molecular complexity index is 426. The smallest absolute Gasteiger partial charge is 0.133 e. The number of rotatable bonds is 2. The molecular formula is C14H21ClN2. The van der Waals surface area contributed by atoms with Crippen molar-refractivity contribution in [2.45, 2.75) is 40.0 Å². The van der Waals surface area contributed by atoms with Crippen LogP contribution < -0.4 is 4.90 Å². The van der Waals surface area contributed by atoms with Crippen LogP contribution in [0.25, 0.3) is 0 Å². The van der Waals surface area contributed by atoms with Crippen LogP contribution in [0.5, 0.6) is 0 Å². The summed E-state index contributed by atoms with van der Waals surface area (Å²) in [5, 5.41) is 0. The molecule has 0 aliphatic carbocycles. The van der Waals surface area contributed by atoms with E-state index in [4.69, 9.17) is 16.6 Å². The van der Waals surface area contributed by atoms with Gasteiger partial charge in [0.1, 0.15) is 5.82 Å². The molecular weight excluding hydrogens is 232 g/mol. The molecule has 1 aromatic heterocycles. The number of aromatic nitrogens is 1. The number of anilines is 1. The van der Waals surface area contributed by atoms with Gasteiger partial charge in [-0.05, 0) is 37.3 Å². The van der Waals surface area contributed by atoms with E-state index in [9.17, 15) is 0 Å². The first-order valence-electron chi connectivity index (χ1n) is 6.21. The van der Waals surface area contributed by atoms with Crippen molar-refractivity contribution in [3.63, 3.8) is 0 Å². The summed E-state index contributed by atoms with van der Waals surface area (Å²) in [7, 11) is 0. The molecule has 0 radical (unpaired) electrons. The summed E-state index contributed by atoms with van der Waals surface area (Å²) in [6.45, 7) is 11.0. The van der Waals surface area contributed by atoms with Crippen LogP contribution in [0.4, 0.5) is 5.82 Å². The summed E-state index contributed by atoms with van der Waals surface area (Å²) in [4.78, 5) is 7.08. The van der Waals surface area contributed by atoms with Crippen LogP contribution in [0, 0.1) is 19.3 Å². The predicted molar refractivity (Wildman–Crippen MR) is 73.9 cm³/mol. The van der Waals surface area contributed by atoms with Crippen molar-refractivity contribution in [2.75, 3.05) is 18.0 Å². The van der Waals surface area contributed by atoms with E-state index in [0.29, 0.717) is 11.3 Å². The number of alkyl halides is 1. The third kappa shape index (κ3) is 2.57. The fraction of sp³-hybridized carbons (Fsp3) is 0.643. The molecule has 0 N–H and O–H groups in total. The summed E-state index contributed by atoms with van der Waals surface area (Å²) in [5.74, 6) is 1.65. The Labute approximate surface area is 109 Å². The molecule has 1 aliphatic heterocycles. The molecule has 1 fully saturated rings. The fourth-order valence-electron chi connectivity index (χ4n) is 2.56. The predicted octanol–water partition coefficient (Wildman–Crippen LogP) is 3.67. The first-order valence-corrected chi connectivity index (χ1v) is 6.74. The molecule has 94 valence electrons. The van der Waals surface area contributed by atoms with Crippen LogP contribution in [-0.2, 0) is 5.88 Å². The monoisotopic (exact) mass is 252 g/mol. The number of pyridine rings is 1. The summed E-state index contributed by atoms with van der Waals surface area (Å²) < 4.78 is 0. The van der Waals surface area contributed by atoms with Gasteiger partial charge in [0.2, 0.25) is 0 Å². The zero-order valence-corrected chi connectivity index (χ0v) is 11.9. The first kappa shape index (κ1) is 12.7. The average molecular weight is 253 g/mol. The third-order valence-electron chi connectivity index (χ3n) is 3.56. The highest BCUT2D eigenvalue weighted by molar-refractivity contribution is 6.17. The molecule has 17 heavy (non-hydrogen) atoms. The molecule has 0 bridgehead atoms. The Morgan fingerprint density at radius 1 is 1.41 bits per heavy atom. The lowest BCUT2D eigenvalue weighted by Crippen LogP contribution is -2.25. The molecule has 2 nitrogen and oxygen atoms in total. The van der Waals surface area contributed by atoms with Gasteiger partial charge in [-0.2, -0.15) is 0 Å². The first-order chi connectivity index (χ1) is 7.93. The molecule has 3 heteroatoms. The van der Waals surface area contributed by atoms with Crippen LogP contribution in [-0.4, -0.2) is 18.1 Å². The highest BCUT2D eigenvalue weighted by atomic mass is 35.5. The zero-order valence-electron chi connectivity index (χ0n) is 11.2. The number of nitrogens with zero attached hydrogens (tertiary/aromatic N) is 2. The van der Waals surface area contributed by atoms with Crippen LogP contribution in [0.2, 0.25) is 0 Å². The second kappa shape index (κ2) is 4.49. The van der Waals surface area contributed by atoms with E-state index >= 15 is 0 Å². The third-order valence-corrected chi connectivity index (χ3v) is 3.83.